The second-order valence-corrected chi connectivity index (χ2v) is 9.93. The Labute approximate surface area is 222 Å². The molecule has 6 heteroatoms. The van der Waals surface area contributed by atoms with E-state index in [1.807, 2.05) is 60.7 Å². The molecule has 0 unspecified atom stereocenters. The molecule has 0 aliphatic heterocycles. The number of para-hydroxylation sites is 4. The molecule has 0 radical (unpaired) electrons. The molecule has 192 valence electrons. The van der Waals surface area contributed by atoms with Crippen molar-refractivity contribution >= 4 is 22.1 Å². The molecule has 2 aromatic heterocycles. The third-order valence-electron chi connectivity index (χ3n) is 6.42. The molecule has 0 bridgehead atoms. The highest BCUT2D eigenvalue weighted by atomic mass is 16.3. The van der Waals surface area contributed by atoms with Crippen LogP contribution in [-0.4, -0.2) is 29.3 Å². The zero-order chi connectivity index (χ0) is 26.8. The van der Waals surface area contributed by atoms with E-state index in [9.17, 15) is 10.2 Å². The third kappa shape index (κ3) is 4.85. The number of hydrogen-bond donors (Lipinski definition) is 2. The van der Waals surface area contributed by atoms with Gasteiger partial charge in [-0.1, -0.05) is 52.0 Å². The number of imidazole rings is 2. The minimum absolute atomic E-state index is 0.277. The Bertz CT molecular complexity index is 1550. The number of nitrogens with zero attached hydrogens (tertiary/aromatic N) is 4. The quantitative estimate of drug-likeness (QED) is 0.258. The zero-order valence-corrected chi connectivity index (χ0v) is 22.1. The van der Waals surface area contributed by atoms with Gasteiger partial charge in [-0.2, -0.15) is 0 Å². The third-order valence-corrected chi connectivity index (χ3v) is 6.42. The lowest BCUT2D eigenvalue weighted by Gasteiger charge is -2.11. The number of hydrogen-bond acceptors (Lipinski definition) is 4. The average molecular weight is 505 g/mol. The first kappa shape index (κ1) is 25.1. The highest BCUT2D eigenvalue weighted by Crippen LogP contribution is 2.28. The van der Waals surface area contributed by atoms with E-state index in [2.05, 4.69) is 49.0 Å². The predicted octanol–water partition coefficient (Wildman–Crippen LogP) is 7.71. The Morgan fingerprint density at radius 3 is 1.18 bits per heavy atom. The lowest BCUT2D eigenvalue weighted by molar-refractivity contribution is 0.474. The van der Waals surface area contributed by atoms with Crippen molar-refractivity contribution in [3.8, 4) is 22.9 Å². The lowest BCUT2D eigenvalue weighted by Crippen LogP contribution is -2.02. The second kappa shape index (κ2) is 10.4. The fourth-order valence-corrected chi connectivity index (χ4v) is 4.61. The summed E-state index contributed by atoms with van der Waals surface area (Å²) in [6, 6.07) is 30.7. The number of phenolic OH excluding ortho intramolecular Hbond substituents is 2. The highest BCUT2D eigenvalue weighted by molar-refractivity contribution is 5.79. The molecule has 38 heavy (non-hydrogen) atoms. The maximum Gasteiger partial charge on any atom is 0.117 e. The van der Waals surface area contributed by atoms with E-state index >= 15 is 0 Å². The minimum Gasteiger partial charge on any atom is -0.508 e. The van der Waals surface area contributed by atoms with Crippen LogP contribution in [-0.2, 0) is 0 Å². The fourth-order valence-electron chi connectivity index (χ4n) is 4.61. The highest BCUT2D eigenvalue weighted by Gasteiger charge is 2.15. The van der Waals surface area contributed by atoms with Crippen molar-refractivity contribution in [2.24, 2.45) is 0 Å². The van der Waals surface area contributed by atoms with Gasteiger partial charge in [0.25, 0.3) is 0 Å². The first-order valence-electron chi connectivity index (χ1n) is 12.9. The molecule has 0 atom stereocenters. The summed E-state index contributed by atoms with van der Waals surface area (Å²) in [7, 11) is 0. The predicted molar refractivity (Wildman–Crippen MR) is 154 cm³/mol. The van der Waals surface area contributed by atoms with Crippen molar-refractivity contribution in [1.29, 1.82) is 0 Å². The van der Waals surface area contributed by atoms with Gasteiger partial charge in [0.1, 0.15) is 23.1 Å². The van der Waals surface area contributed by atoms with Crippen LogP contribution in [0.4, 0.5) is 0 Å². The van der Waals surface area contributed by atoms with Gasteiger partial charge in [-0.15, -0.1) is 0 Å². The van der Waals surface area contributed by atoms with Crippen molar-refractivity contribution in [2.75, 3.05) is 0 Å². The largest absolute Gasteiger partial charge is 0.508 e. The van der Waals surface area contributed by atoms with Crippen molar-refractivity contribution in [2.45, 2.75) is 39.5 Å². The summed E-state index contributed by atoms with van der Waals surface area (Å²) in [6.45, 7) is 8.55. The maximum atomic E-state index is 9.42. The van der Waals surface area contributed by atoms with Crippen LogP contribution in [0.2, 0.25) is 0 Å². The Morgan fingerprint density at radius 1 is 0.500 bits per heavy atom. The van der Waals surface area contributed by atoms with E-state index in [1.165, 1.54) is 0 Å². The number of fused-ring (bicyclic) bond motifs is 2. The molecular formula is C32H32N4O2. The fraction of sp³-hybridized carbons (Fsp3) is 0.188. The number of phenols is 2. The van der Waals surface area contributed by atoms with E-state index in [-0.39, 0.29) is 11.5 Å². The topological polar surface area (TPSA) is 76.1 Å². The SMILES string of the molecule is CC(C)c1nc2ccccc2n1-c1ccc(O)cc1.CC(C)c1nc2ccccc2n1-c1ccc(O)cc1. The Hall–Kier alpha value is -4.58. The molecule has 0 saturated heterocycles. The molecule has 0 spiro atoms. The number of aromatic hydroxyl groups is 2. The Kier molecular flexibility index (Phi) is 6.88. The van der Waals surface area contributed by atoms with Crippen LogP contribution < -0.4 is 0 Å². The van der Waals surface area contributed by atoms with Crippen molar-refractivity contribution in [1.82, 2.24) is 19.1 Å². The molecule has 2 N–H and O–H groups in total. The number of rotatable bonds is 4. The van der Waals surface area contributed by atoms with Crippen LogP contribution >= 0.6 is 0 Å². The van der Waals surface area contributed by atoms with Crippen LogP contribution in [0.1, 0.15) is 51.2 Å². The van der Waals surface area contributed by atoms with Crippen LogP contribution in [0.15, 0.2) is 97.1 Å². The Morgan fingerprint density at radius 2 is 0.842 bits per heavy atom. The molecule has 2 heterocycles. The monoisotopic (exact) mass is 504 g/mol. The minimum atomic E-state index is 0.277. The first-order chi connectivity index (χ1) is 18.3. The summed E-state index contributed by atoms with van der Waals surface area (Å²) in [4.78, 5) is 9.42. The average Bonchev–Trinajstić information content (AvgIpc) is 3.50. The summed E-state index contributed by atoms with van der Waals surface area (Å²) in [6.07, 6.45) is 0. The normalized spacial score (nSPS) is 11.3. The first-order valence-corrected chi connectivity index (χ1v) is 12.9. The van der Waals surface area contributed by atoms with Gasteiger partial charge in [-0.3, -0.25) is 9.13 Å². The molecule has 6 rings (SSSR count). The van der Waals surface area contributed by atoms with Crippen LogP contribution in [0.3, 0.4) is 0 Å². The molecule has 0 fully saturated rings. The maximum absolute atomic E-state index is 9.42. The zero-order valence-electron chi connectivity index (χ0n) is 22.1. The van der Waals surface area contributed by atoms with Gasteiger partial charge < -0.3 is 10.2 Å². The van der Waals surface area contributed by atoms with Gasteiger partial charge in [-0.05, 0) is 72.8 Å². The number of benzene rings is 4. The van der Waals surface area contributed by atoms with Crippen LogP contribution in [0, 0.1) is 0 Å². The van der Waals surface area contributed by atoms with Crippen molar-refractivity contribution in [3.05, 3.63) is 109 Å². The summed E-state index contributed by atoms with van der Waals surface area (Å²) >= 11 is 0. The van der Waals surface area contributed by atoms with Gasteiger partial charge in [0, 0.05) is 23.2 Å². The molecular weight excluding hydrogens is 472 g/mol. The molecule has 0 aliphatic rings. The molecule has 6 nitrogen and oxygen atoms in total. The van der Waals surface area contributed by atoms with E-state index in [1.54, 1.807) is 24.3 Å². The van der Waals surface area contributed by atoms with E-state index in [0.717, 1.165) is 45.1 Å². The molecule has 6 aromatic rings. The summed E-state index contributed by atoms with van der Waals surface area (Å²) in [5.41, 5.74) is 6.23. The molecule has 0 saturated carbocycles. The summed E-state index contributed by atoms with van der Waals surface area (Å²) in [5, 5.41) is 18.8. The smallest absolute Gasteiger partial charge is 0.117 e. The summed E-state index contributed by atoms with van der Waals surface area (Å²) in [5.74, 6) is 3.29. The van der Waals surface area contributed by atoms with E-state index in [0.29, 0.717) is 11.8 Å². The lowest BCUT2D eigenvalue weighted by atomic mass is 10.2. The van der Waals surface area contributed by atoms with Gasteiger partial charge in [0.15, 0.2) is 0 Å². The van der Waals surface area contributed by atoms with Crippen LogP contribution in [0.25, 0.3) is 33.4 Å². The summed E-state index contributed by atoms with van der Waals surface area (Å²) < 4.78 is 4.30. The van der Waals surface area contributed by atoms with Gasteiger partial charge in [0.05, 0.1) is 22.1 Å². The van der Waals surface area contributed by atoms with E-state index in [4.69, 9.17) is 9.97 Å². The Balaban J connectivity index is 0.000000155. The van der Waals surface area contributed by atoms with Crippen LogP contribution in [0.5, 0.6) is 11.5 Å². The van der Waals surface area contributed by atoms with Gasteiger partial charge in [-0.25, -0.2) is 9.97 Å². The van der Waals surface area contributed by atoms with Crippen molar-refractivity contribution < 1.29 is 10.2 Å². The second-order valence-electron chi connectivity index (χ2n) is 9.93. The standard InChI is InChI=1S/2C16H16N2O/c2*1-11(2)16-17-14-5-3-4-6-15(14)18(16)12-7-9-13(19)10-8-12/h2*3-11,19H,1-2H3. The number of aromatic nitrogens is 4. The van der Waals surface area contributed by atoms with Gasteiger partial charge >= 0.3 is 0 Å². The molecule has 0 amide bonds. The van der Waals surface area contributed by atoms with E-state index < -0.39 is 0 Å². The molecule has 4 aromatic carbocycles. The molecule has 0 aliphatic carbocycles. The van der Waals surface area contributed by atoms with Gasteiger partial charge in [0.2, 0.25) is 0 Å². The van der Waals surface area contributed by atoms with Crippen molar-refractivity contribution in [3.63, 3.8) is 0 Å².